The molecule has 15 heavy (non-hydrogen) atoms. The van der Waals surface area contributed by atoms with Gasteiger partial charge < -0.3 is 10.2 Å². The molecule has 0 amide bonds. The molecule has 0 saturated heterocycles. The molecule has 82 valence electrons. The molecule has 0 unspecified atom stereocenters. The lowest BCUT2D eigenvalue weighted by Gasteiger charge is -2.22. The van der Waals surface area contributed by atoms with Gasteiger partial charge in [-0.3, -0.25) is 0 Å². The number of rotatable bonds is 4. The highest BCUT2D eigenvalue weighted by Gasteiger charge is 2.28. The summed E-state index contributed by atoms with van der Waals surface area (Å²) in [6.07, 6.45) is 2.46. The SMILES string of the molecule is CNCc1c(F)cccc1N(C)C1CC1. The second kappa shape index (κ2) is 4.19. The number of benzene rings is 1. The first kappa shape index (κ1) is 10.4. The van der Waals surface area contributed by atoms with Crippen LogP contribution in [0.5, 0.6) is 0 Å². The van der Waals surface area contributed by atoms with Gasteiger partial charge in [0.05, 0.1) is 0 Å². The fourth-order valence-corrected chi connectivity index (χ4v) is 1.89. The Morgan fingerprint density at radius 3 is 2.80 bits per heavy atom. The van der Waals surface area contributed by atoms with Crippen LogP contribution >= 0.6 is 0 Å². The molecule has 1 fully saturated rings. The molecule has 2 rings (SSSR count). The predicted octanol–water partition coefficient (Wildman–Crippen LogP) is 2.14. The molecular weight excluding hydrogens is 191 g/mol. The molecule has 0 bridgehead atoms. The lowest BCUT2D eigenvalue weighted by molar-refractivity contribution is 0.599. The van der Waals surface area contributed by atoms with Crippen LogP contribution in [-0.4, -0.2) is 20.1 Å². The summed E-state index contributed by atoms with van der Waals surface area (Å²) in [5.74, 6) is -0.116. The normalized spacial score (nSPS) is 15.4. The molecule has 0 spiro atoms. The molecule has 1 aliphatic rings. The molecule has 1 aliphatic carbocycles. The van der Waals surface area contributed by atoms with Crippen LogP contribution in [0.15, 0.2) is 18.2 Å². The Morgan fingerprint density at radius 2 is 2.20 bits per heavy atom. The standard InChI is InChI=1S/C12H17FN2/c1-14-8-10-11(13)4-3-5-12(10)15(2)9-6-7-9/h3-5,9,14H,6-8H2,1-2H3. The van der Waals surface area contributed by atoms with E-state index >= 15 is 0 Å². The maximum absolute atomic E-state index is 13.6. The summed E-state index contributed by atoms with van der Waals surface area (Å²) < 4.78 is 13.6. The highest BCUT2D eigenvalue weighted by molar-refractivity contribution is 5.55. The van der Waals surface area contributed by atoms with Gasteiger partial charge >= 0.3 is 0 Å². The summed E-state index contributed by atoms with van der Waals surface area (Å²) in [5, 5.41) is 3.01. The van der Waals surface area contributed by atoms with Crippen molar-refractivity contribution in [1.29, 1.82) is 0 Å². The first-order valence-electron chi connectivity index (χ1n) is 5.39. The Balaban J connectivity index is 2.31. The van der Waals surface area contributed by atoms with E-state index in [1.165, 1.54) is 18.9 Å². The van der Waals surface area contributed by atoms with Crippen molar-refractivity contribution in [1.82, 2.24) is 5.32 Å². The largest absolute Gasteiger partial charge is 0.371 e. The van der Waals surface area contributed by atoms with E-state index < -0.39 is 0 Å². The van der Waals surface area contributed by atoms with Crippen molar-refractivity contribution in [3.05, 3.63) is 29.6 Å². The highest BCUT2D eigenvalue weighted by atomic mass is 19.1. The van der Waals surface area contributed by atoms with Crippen molar-refractivity contribution in [2.24, 2.45) is 0 Å². The molecule has 0 heterocycles. The first-order valence-corrected chi connectivity index (χ1v) is 5.39. The smallest absolute Gasteiger partial charge is 0.129 e. The van der Waals surface area contributed by atoms with Gasteiger partial charge in [0.25, 0.3) is 0 Å². The molecule has 1 N–H and O–H groups in total. The summed E-state index contributed by atoms with van der Waals surface area (Å²) in [5.41, 5.74) is 1.79. The molecule has 1 aromatic rings. The van der Waals surface area contributed by atoms with Crippen molar-refractivity contribution in [3.63, 3.8) is 0 Å². The van der Waals surface area contributed by atoms with Gasteiger partial charge in [-0.15, -0.1) is 0 Å². The molecule has 0 atom stereocenters. The summed E-state index contributed by atoms with van der Waals surface area (Å²) in [6.45, 7) is 0.582. The Morgan fingerprint density at radius 1 is 1.47 bits per heavy atom. The van der Waals surface area contributed by atoms with Crippen LogP contribution < -0.4 is 10.2 Å². The van der Waals surface area contributed by atoms with Crippen molar-refractivity contribution in [2.75, 3.05) is 19.0 Å². The monoisotopic (exact) mass is 208 g/mol. The zero-order chi connectivity index (χ0) is 10.8. The second-order valence-corrected chi connectivity index (χ2v) is 4.11. The fraction of sp³-hybridized carbons (Fsp3) is 0.500. The molecule has 0 radical (unpaired) electrons. The first-order chi connectivity index (χ1) is 7.24. The minimum atomic E-state index is -0.116. The highest BCUT2D eigenvalue weighted by Crippen LogP contribution is 2.32. The van der Waals surface area contributed by atoms with E-state index in [0.29, 0.717) is 12.6 Å². The third kappa shape index (κ3) is 2.12. The van der Waals surface area contributed by atoms with Gasteiger partial charge in [-0.25, -0.2) is 4.39 Å². The molecular formula is C12H17FN2. The summed E-state index contributed by atoms with van der Waals surface area (Å²) >= 11 is 0. The van der Waals surface area contributed by atoms with Gasteiger partial charge in [0, 0.05) is 30.9 Å². The zero-order valence-corrected chi connectivity index (χ0v) is 9.26. The van der Waals surface area contributed by atoms with Crippen molar-refractivity contribution >= 4 is 5.69 Å². The number of nitrogens with zero attached hydrogens (tertiary/aromatic N) is 1. The molecule has 1 saturated carbocycles. The van der Waals surface area contributed by atoms with E-state index in [2.05, 4.69) is 10.2 Å². The zero-order valence-electron chi connectivity index (χ0n) is 9.26. The van der Waals surface area contributed by atoms with Crippen LogP contribution in [0.2, 0.25) is 0 Å². The van der Waals surface area contributed by atoms with Crippen LogP contribution in [0.1, 0.15) is 18.4 Å². The Labute approximate surface area is 90.1 Å². The quantitative estimate of drug-likeness (QED) is 0.815. The third-order valence-electron chi connectivity index (χ3n) is 2.92. The van der Waals surface area contributed by atoms with Crippen LogP contribution in [0.25, 0.3) is 0 Å². The van der Waals surface area contributed by atoms with Crippen LogP contribution in [-0.2, 0) is 6.54 Å². The molecule has 1 aromatic carbocycles. The number of nitrogens with one attached hydrogen (secondary N) is 1. The number of hydrogen-bond acceptors (Lipinski definition) is 2. The van der Waals surface area contributed by atoms with E-state index in [4.69, 9.17) is 0 Å². The number of halogens is 1. The van der Waals surface area contributed by atoms with Gasteiger partial charge in [-0.05, 0) is 32.0 Å². The van der Waals surface area contributed by atoms with Gasteiger partial charge in [0.2, 0.25) is 0 Å². The maximum atomic E-state index is 13.6. The van der Waals surface area contributed by atoms with Crippen molar-refractivity contribution < 1.29 is 4.39 Å². The molecule has 2 nitrogen and oxygen atoms in total. The number of anilines is 1. The van der Waals surface area contributed by atoms with E-state index in [9.17, 15) is 4.39 Å². The summed E-state index contributed by atoms with van der Waals surface area (Å²) in [7, 11) is 3.89. The molecule has 0 aliphatic heterocycles. The van der Waals surface area contributed by atoms with Crippen LogP contribution in [0, 0.1) is 5.82 Å². The van der Waals surface area contributed by atoms with Gasteiger partial charge in [0.15, 0.2) is 0 Å². The average molecular weight is 208 g/mol. The van der Waals surface area contributed by atoms with Gasteiger partial charge in [0.1, 0.15) is 5.82 Å². The van der Waals surface area contributed by atoms with Crippen LogP contribution in [0.3, 0.4) is 0 Å². The number of hydrogen-bond donors (Lipinski definition) is 1. The average Bonchev–Trinajstić information content (AvgIpc) is 3.04. The fourth-order valence-electron chi connectivity index (χ4n) is 1.89. The van der Waals surface area contributed by atoms with E-state index in [0.717, 1.165) is 11.3 Å². The molecule has 0 aromatic heterocycles. The summed E-state index contributed by atoms with van der Waals surface area (Å²) in [4.78, 5) is 2.19. The maximum Gasteiger partial charge on any atom is 0.129 e. The Bertz CT molecular complexity index is 347. The van der Waals surface area contributed by atoms with E-state index in [1.54, 1.807) is 6.07 Å². The van der Waals surface area contributed by atoms with Crippen LogP contribution in [0.4, 0.5) is 10.1 Å². The topological polar surface area (TPSA) is 15.3 Å². The van der Waals surface area contributed by atoms with Gasteiger partial charge in [-0.2, -0.15) is 0 Å². The second-order valence-electron chi connectivity index (χ2n) is 4.11. The lowest BCUT2D eigenvalue weighted by atomic mass is 10.1. The van der Waals surface area contributed by atoms with Gasteiger partial charge in [-0.1, -0.05) is 6.07 Å². The van der Waals surface area contributed by atoms with E-state index in [1.807, 2.05) is 20.2 Å². The third-order valence-corrected chi connectivity index (χ3v) is 2.92. The predicted molar refractivity (Wildman–Crippen MR) is 60.6 cm³/mol. The van der Waals surface area contributed by atoms with Crippen molar-refractivity contribution in [3.8, 4) is 0 Å². The minimum absolute atomic E-state index is 0.116. The Hall–Kier alpha value is -1.09. The Kier molecular flexibility index (Phi) is 2.91. The van der Waals surface area contributed by atoms with Crippen molar-refractivity contribution in [2.45, 2.75) is 25.4 Å². The minimum Gasteiger partial charge on any atom is -0.371 e. The summed E-state index contributed by atoms with van der Waals surface area (Å²) in [6, 6.07) is 5.91. The van der Waals surface area contributed by atoms with E-state index in [-0.39, 0.29) is 5.82 Å². The molecule has 3 heteroatoms. The lowest BCUT2D eigenvalue weighted by Crippen LogP contribution is -2.22.